The molecule has 0 aromatic carbocycles. The van der Waals surface area contributed by atoms with E-state index in [9.17, 15) is 14.9 Å². The maximum atomic E-state index is 12.0. The number of hydrogen-bond donors (Lipinski definition) is 1. The van der Waals surface area contributed by atoms with Crippen LogP contribution in [0.3, 0.4) is 0 Å². The predicted octanol–water partition coefficient (Wildman–Crippen LogP) is 1.94. The Morgan fingerprint density at radius 2 is 2.35 bits per heavy atom. The summed E-state index contributed by atoms with van der Waals surface area (Å²) in [5.74, 6) is -0.453. The Labute approximate surface area is 120 Å². The summed E-state index contributed by atoms with van der Waals surface area (Å²) < 4.78 is 5.39. The van der Waals surface area contributed by atoms with Gasteiger partial charge in [0.25, 0.3) is 11.6 Å². The first-order valence-electron chi connectivity index (χ1n) is 6.23. The van der Waals surface area contributed by atoms with Crippen LogP contribution in [0.2, 0.25) is 5.15 Å². The number of nitrogens with zero attached hydrogens (tertiary/aromatic N) is 2. The molecule has 108 valence electrons. The van der Waals surface area contributed by atoms with Crippen molar-refractivity contribution in [2.75, 3.05) is 6.61 Å². The van der Waals surface area contributed by atoms with Crippen LogP contribution in [0.1, 0.15) is 30.1 Å². The summed E-state index contributed by atoms with van der Waals surface area (Å²) >= 11 is 5.80. The van der Waals surface area contributed by atoms with E-state index in [1.165, 1.54) is 0 Å². The summed E-state index contributed by atoms with van der Waals surface area (Å²) in [4.78, 5) is 25.7. The van der Waals surface area contributed by atoms with Gasteiger partial charge in [0, 0.05) is 18.7 Å². The third-order valence-electron chi connectivity index (χ3n) is 3.11. The Hall–Kier alpha value is -1.73. The Balaban J connectivity index is 1.99. The van der Waals surface area contributed by atoms with Crippen molar-refractivity contribution in [1.29, 1.82) is 0 Å². The van der Waals surface area contributed by atoms with Crippen molar-refractivity contribution in [3.8, 4) is 0 Å². The number of nitrogens with one attached hydrogen (secondary N) is 1. The van der Waals surface area contributed by atoms with Crippen molar-refractivity contribution >= 4 is 23.2 Å². The largest absolute Gasteiger partial charge is 0.378 e. The first kappa shape index (κ1) is 14.7. The SMILES string of the molecule is CCOC1CC(NC(=O)c2cc([N+](=O)[O-])cnc2Cl)C1. The number of carbonyl (C=O) groups is 1. The van der Waals surface area contributed by atoms with Crippen LogP contribution in [0.4, 0.5) is 5.69 Å². The lowest BCUT2D eigenvalue weighted by Crippen LogP contribution is -2.47. The molecule has 1 aliphatic rings. The predicted molar refractivity (Wildman–Crippen MR) is 71.8 cm³/mol. The maximum Gasteiger partial charge on any atom is 0.288 e. The van der Waals surface area contributed by atoms with Gasteiger partial charge in [-0.3, -0.25) is 14.9 Å². The normalized spacial score (nSPS) is 21.1. The molecule has 2 rings (SSSR count). The van der Waals surface area contributed by atoms with Gasteiger partial charge in [0.2, 0.25) is 0 Å². The molecule has 20 heavy (non-hydrogen) atoms. The topological polar surface area (TPSA) is 94.4 Å². The van der Waals surface area contributed by atoms with E-state index < -0.39 is 10.8 Å². The minimum atomic E-state index is -0.616. The van der Waals surface area contributed by atoms with Crippen LogP contribution >= 0.6 is 11.6 Å². The molecular formula is C12H14ClN3O4. The fraction of sp³-hybridized carbons (Fsp3) is 0.500. The van der Waals surface area contributed by atoms with Gasteiger partial charge in [-0.2, -0.15) is 0 Å². The van der Waals surface area contributed by atoms with E-state index in [1.807, 2.05) is 6.92 Å². The maximum absolute atomic E-state index is 12.0. The first-order valence-corrected chi connectivity index (χ1v) is 6.61. The third-order valence-corrected chi connectivity index (χ3v) is 3.41. The molecule has 0 unspecified atom stereocenters. The number of rotatable bonds is 5. The quantitative estimate of drug-likeness (QED) is 0.509. The highest BCUT2D eigenvalue weighted by molar-refractivity contribution is 6.32. The summed E-state index contributed by atoms with van der Waals surface area (Å²) in [5, 5.41) is 13.4. The van der Waals surface area contributed by atoms with Gasteiger partial charge in [0.1, 0.15) is 11.3 Å². The second-order valence-electron chi connectivity index (χ2n) is 4.51. The van der Waals surface area contributed by atoms with E-state index in [0.29, 0.717) is 6.61 Å². The van der Waals surface area contributed by atoms with Gasteiger partial charge in [0.15, 0.2) is 0 Å². The summed E-state index contributed by atoms with van der Waals surface area (Å²) in [6, 6.07) is 1.14. The molecular weight excluding hydrogens is 286 g/mol. The minimum Gasteiger partial charge on any atom is -0.378 e. The molecule has 1 fully saturated rings. The number of pyridine rings is 1. The van der Waals surface area contributed by atoms with Crippen molar-refractivity contribution in [3.63, 3.8) is 0 Å². The Morgan fingerprint density at radius 3 is 2.95 bits per heavy atom. The summed E-state index contributed by atoms with van der Waals surface area (Å²) in [5.41, 5.74) is -0.249. The van der Waals surface area contributed by atoms with E-state index in [4.69, 9.17) is 16.3 Å². The highest BCUT2D eigenvalue weighted by atomic mass is 35.5. The number of carbonyl (C=O) groups excluding carboxylic acids is 1. The zero-order valence-corrected chi connectivity index (χ0v) is 11.6. The van der Waals surface area contributed by atoms with Gasteiger partial charge < -0.3 is 10.1 Å². The van der Waals surface area contributed by atoms with Crippen LogP contribution in [0.25, 0.3) is 0 Å². The van der Waals surface area contributed by atoms with Gasteiger partial charge in [-0.25, -0.2) is 4.98 Å². The van der Waals surface area contributed by atoms with Gasteiger partial charge in [-0.05, 0) is 19.8 Å². The Kier molecular flexibility index (Phi) is 4.51. The van der Waals surface area contributed by atoms with Crippen molar-refractivity contribution in [3.05, 3.63) is 33.1 Å². The molecule has 1 amide bonds. The van der Waals surface area contributed by atoms with Crippen LogP contribution in [-0.2, 0) is 4.74 Å². The molecule has 0 saturated heterocycles. The van der Waals surface area contributed by atoms with Gasteiger partial charge in [0.05, 0.1) is 16.6 Å². The van der Waals surface area contributed by atoms with Crippen LogP contribution in [0, 0.1) is 10.1 Å². The van der Waals surface area contributed by atoms with E-state index in [1.54, 1.807) is 0 Å². The average molecular weight is 300 g/mol. The second kappa shape index (κ2) is 6.15. The van der Waals surface area contributed by atoms with Crippen molar-refractivity contribution in [2.24, 2.45) is 0 Å². The molecule has 0 bridgehead atoms. The molecule has 1 heterocycles. The van der Waals surface area contributed by atoms with Crippen LogP contribution in [0.5, 0.6) is 0 Å². The molecule has 0 spiro atoms. The molecule has 1 aromatic rings. The van der Waals surface area contributed by atoms with E-state index in [0.717, 1.165) is 25.1 Å². The molecule has 0 atom stereocenters. The number of amides is 1. The van der Waals surface area contributed by atoms with Gasteiger partial charge in [-0.1, -0.05) is 11.6 Å². The fourth-order valence-electron chi connectivity index (χ4n) is 2.01. The molecule has 8 heteroatoms. The molecule has 1 aliphatic carbocycles. The molecule has 0 radical (unpaired) electrons. The lowest BCUT2D eigenvalue weighted by Gasteiger charge is -2.35. The monoisotopic (exact) mass is 299 g/mol. The molecule has 7 nitrogen and oxygen atoms in total. The Bertz CT molecular complexity index is 531. The zero-order valence-electron chi connectivity index (χ0n) is 10.8. The minimum absolute atomic E-state index is 0.00868. The highest BCUT2D eigenvalue weighted by Gasteiger charge is 2.31. The third kappa shape index (κ3) is 3.23. The highest BCUT2D eigenvalue weighted by Crippen LogP contribution is 2.25. The molecule has 1 aromatic heterocycles. The second-order valence-corrected chi connectivity index (χ2v) is 4.87. The number of halogens is 1. The van der Waals surface area contributed by atoms with Gasteiger partial charge >= 0.3 is 0 Å². The van der Waals surface area contributed by atoms with Crippen LogP contribution < -0.4 is 5.32 Å². The lowest BCUT2D eigenvalue weighted by atomic mass is 9.89. The summed E-state index contributed by atoms with van der Waals surface area (Å²) in [6.07, 6.45) is 2.66. The summed E-state index contributed by atoms with van der Waals surface area (Å²) in [7, 11) is 0. The number of hydrogen-bond acceptors (Lipinski definition) is 5. The standard InChI is InChI=1S/C12H14ClN3O4/c1-2-20-9-3-7(4-9)15-12(17)10-5-8(16(18)19)6-14-11(10)13/h5-7,9H,2-4H2,1H3,(H,15,17). The Morgan fingerprint density at radius 1 is 1.65 bits per heavy atom. The molecule has 1 saturated carbocycles. The van der Waals surface area contributed by atoms with Crippen molar-refractivity contribution in [2.45, 2.75) is 31.9 Å². The number of aromatic nitrogens is 1. The van der Waals surface area contributed by atoms with E-state index in [-0.39, 0.29) is 28.5 Å². The molecule has 1 N–H and O–H groups in total. The van der Waals surface area contributed by atoms with Crippen molar-refractivity contribution < 1.29 is 14.5 Å². The first-order chi connectivity index (χ1) is 9.51. The van der Waals surface area contributed by atoms with E-state index in [2.05, 4.69) is 10.3 Å². The van der Waals surface area contributed by atoms with E-state index >= 15 is 0 Å². The molecule has 0 aliphatic heterocycles. The smallest absolute Gasteiger partial charge is 0.288 e. The number of ether oxygens (including phenoxy) is 1. The zero-order chi connectivity index (χ0) is 14.7. The van der Waals surface area contributed by atoms with Crippen LogP contribution in [0.15, 0.2) is 12.3 Å². The lowest BCUT2D eigenvalue weighted by molar-refractivity contribution is -0.385. The fourth-order valence-corrected chi connectivity index (χ4v) is 2.20. The van der Waals surface area contributed by atoms with Gasteiger partial charge in [-0.15, -0.1) is 0 Å². The van der Waals surface area contributed by atoms with Crippen molar-refractivity contribution in [1.82, 2.24) is 10.3 Å². The van der Waals surface area contributed by atoms with Crippen LogP contribution in [-0.4, -0.2) is 34.6 Å². The number of nitro groups is 1. The summed E-state index contributed by atoms with van der Waals surface area (Å²) in [6.45, 7) is 2.56. The average Bonchev–Trinajstić information content (AvgIpc) is 2.36.